The summed E-state index contributed by atoms with van der Waals surface area (Å²) in [6.45, 7) is 2.58. The third kappa shape index (κ3) is 4.93. The van der Waals surface area contributed by atoms with E-state index in [0.717, 1.165) is 6.42 Å². The average Bonchev–Trinajstić information content (AvgIpc) is 2.95. The number of allylic oxidation sites excluding steroid dienone is 1. The van der Waals surface area contributed by atoms with Crippen molar-refractivity contribution in [2.75, 3.05) is 6.54 Å². The maximum Gasteiger partial charge on any atom is 0.106 e. The maximum absolute atomic E-state index is 9.48. The zero-order chi connectivity index (χ0) is 11.1. The fourth-order valence-corrected chi connectivity index (χ4v) is 1.25. The van der Waals surface area contributed by atoms with Crippen molar-refractivity contribution < 1.29 is 9.84 Å². The first kappa shape index (κ1) is 12.2. The Morgan fingerprint density at radius 3 is 2.73 bits per heavy atom. The van der Waals surface area contributed by atoms with Gasteiger partial charge in [-0.25, -0.2) is 0 Å². The molecule has 0 aromatic carbocycles. The van der Waals surface area contributed by atoms with Crippen LogP contribution in [-0.4, -0.2) is 30.0 Å². The number of aliphatic hydroxyl groups is 1. The molecule has 84 valence electrons. The van der Waals surface area contributed by atoms with Crippen LogP contribution >= 0.6 is 0 Å². The summed E-state index contributed by atoms with van der Waals surface area (Å²) in [6, 6.07) is 0. The number of hydrogen-bond acceptors (Lipinski definition) is 3. The van der Waals surface area contributed by atoms with Gasteiger partial charge in [0.1, 0.15) is 12.2 Å². The molecule has 1 aliphatic heterocycles. The third-order valence-corrected chi connectivity index (χ3v) is 2.11. The smallest absolute Gasteiger partial charge is 0.106 e. The largest absolute Gasteiger partial charge is 0.385 e. The normalized spacial score (nSPS) is 28.2. The van der Waals surface area contributed by atoms with Crippen LogP contribution in [0.5, 0.6) is 0 Å². The van der Waals surface area contributed by atoms with Gasteiger partial charge in [0, 0.05) is 0 Å². The van der Waals surface area contributed by atoms with Gasteiger partial charge in [-0.2, -0.15) is 0 Å². The Kier molecular flexibility index (Phi) is 5.32. The lowest BCUT2D eigenvalue weighted by atomic mass is 10.2. The van der Waals surface area contributed by atoms with E-state index in [2.05, 4.69) is 0 Å². The average molecular weight is 209 g/mol. The van der Waals surface area contributed by atoms with Gasteiger partial charge in [0.15, 0.2) is 0 Å². The van der Waals surface area contributed by atoms with Crippen molar-refractivity contribution in [2.45, 2.75) is 31.7 Å². The molecule has 0 aromatic rings. The molecule has 1 rings (SSSR count). The Hall–Kier alpha value is -0.900. The quantitative estimate of drug-likeness (QED) is 0.509. The summed E-state index contributed by atoms with van der Waals surface area (Å²) in [5, 5.41) is 9.48. The lowest BCUT2D eigenvalue weighted by Gasteiger charge is -1.95. The lowest BCUT2D eigenvalue weighted by Crippen LogP contribution is -1.99. The van der Waals surface area contributed by atoms with Crippen molar-refractivity contribution in [1.29, 1.82) is 0 Å². The van der Waals surface area contributed by atoms with Crippen molar-refractivity contribution in [3.63, 3.8) is 0 Å². The Morgan fingerprint density at radius 2 is 2.07 bits per heavy atom. The van der Waals surface area contributed by atoms with Gasteiger partial charge in [-0.1, -0.05) is 36.5 Å². The van der Waals surface area contributed by atoms with Crippen molar-refractivity contribution >= 4 is 0 Å². The molecule has 1 aliphatic rings. The van der Waals surface area contributed by atoms with Crippen LogP contribution < -0.4 is 5.73 Å². The van der Waals surface area contributed by atoms with Crippen LogP contribution in [0.25, 0.3) is 0 Å². The zero-order valence-corrected chi connectivity index (χ0v) is 9.04. The molecule has 3 N–H and O–H groups in total. The number of hydrogen-bond donors (Lipinski definition) is 2. The second-order valence-electron chi connectivity index (χ2n) is 3.47. The lowest BCUT2D eigenvalue weighted by molar-refractivity contribution is 0.270. The van der Waals surface area contributed by atoms with Crippen LogP contribution in [0.15, 0.2) is 36.5 Å². The van der Waals surface area contributed by atoms with E-state index < -0.39 is 6.10 Å². The highest BCUT2D eigenvalue weighted by atomic mass is 16.6. The summed E-state index contributed by atoms with van der Waals surface area (Å²) in [5.74, 6) is 0. The molecule has 3 atom stereocenters. The third-order valence-electron chi connectivity index (χ3n) is 2.11. The Bertz CT molecular complexity index is 258. The van der Waals surface area contributed by atoms with Crippen molar-refractivity contribution in [2.24, 2.45) is 5.73 Å². The standard InChI is InChI=1S/C12H19NO2/c1-2-5-11-12(15-11)8-7-10(14)6-3-4-9-13/h2-3,5-8,10-12,14H,4,9,13H2,1H3/b5-2+,6-3-,8-7+/t10-,11?,12?/m0/s1. The molecule has 0 spiro atoms. The molecule has 3 nitrogen and oxygen atoms in total. The highest BCUT2D eigenvalue weighted by molar-refractivity contribution is 5.13. The first-order valence-electron chi connectivity index (χ1n) is 5.29. The number of ether oxygens (including phenoxy) is 1. The number of rotatable bonds is 6. The first-order valence-corrected chi connectivity index (χ1v) is 5.29. The summed E-state index contributed by atoms with van der Waals surface area (Å²) in [5.41, 5.74) is 5.32. The predicted molar refractivity (Wildman–Crippen MR) is 61.4 cm³/mol. The van der Waals surface area contributed by atoms with Crippen LogP contribution in [0.2, 0.25) is 0 Å². The summed E-state index contributed by atoms with van der Waals surface area (Å²) in [4.78, 5) is 0. The van der Waals surface area contributed by atoms with Gasteiger partial charge in [0.25, 0.3) is 0 Å². The number of nitrogens with two attached hydrogens (primary N) is 1. The van der Waals surface area contributed by atoms with E-state index >= 15 is 0 Å². The van der Waals surface area contributed by atoms with Crippen molar-refractivity contribution in [3.8, 4) is 0 Å². The summed E-state index contributed by atoms with van der Waals surface area (Å²) in [6.07, 6.45) is 11.8. The molecule has 0 radical (unpaired) electrons. The fraction of sp³-hybridized carbons (Fsp3) is 0.500. The van der Waals surface area contributed by atoms with Crippen molar-refractivity contribution in [1.82, 2.24) is 0 Å². The van der Waals surface area contributed by atoms with Gasteiger partial charge in [-0.05, 0) is 19.9 Å². The van der Waals surface area contributed by atoms with Gasteiger partial charge < -0.3 is 15.6 Å². The fourth-order valence-electron chi connectivity index (χ4n) is 1.25. The molecule has 2 unspecified atom stereocenters. The Balaban J connectivity index is 2.21. The van der Waals surface area contributed by atoms with E-state index in [-0.39, 0.29) is 12.2 Å². The van der Waals surface area contributed by atoms with Gasteiger partial charge in [-0.15, -0.1) is 0 Å². The van der Waals surface area contributed by atoms with Gasteiger partial charge >= 0.3 is 0 Å². The minimum Gasteiger partial charge on any atom is -0.385 e. The van der Waals surface area contributed by atoms with E-state index in [0.29, 0.717) is 6.54 Å². The minimum absolute atomic E-state index is 0.138. The van der Waals surface area contributed by atoms with E-state index in [1.165, 1.54) is 0 Å². The van der Waals surface area contributed by atoms with Crippen LogP contribution in [-0.2, 0) is 4.74 Å². The van der Waals surface area contributed by atoms with Gasteiger partial charge in [-0.3, -0.25) is 0 Å². The van der Waals surface area contributed by atoms with Gasteiger partial charge in [0.05, 0.1) is 6.10 Å². The topological polar surface area (TPSA) is 58.8 Å². The van der Waals surface area contributed by atoms with E-state index in [1.54, 1.807) is 12.2 Å². The van der Waals surface area contributed by atoms with Crippen LogP contribution in [0, 0.1) is 0 Å². The van der Waals surface area contributed by atoms with Crippen LogP contribution in [0.1, 0.15) is 13.3 Å². The maximum atomic E-state index is 9.48. The predicted octanol–water partition coefficient (Wildman–Crippen LogP) is 1.15. The monoisotopic (exact) mass is 209 g/mol. The molecule has 3 heteroatoms. The highest BCUT2D eigenvalue weighted by Gasteiger charge is 2.33. The molecular weight excluding hydrogens is 190 g/mol. The van der Waals surface area contributed by atoms with Crippen LogP contribution in [0.4, 0.5) is 0 Å². The van der Waals surface area contributed by atoms with Crippen LogP contribution in [0.3, 0.4) is 0 Å². The second kappa shape index (κ2) is 6.56. The highest BCUT2D eigenvalue weighted by Crippen LogP contribution is 2.24. The van der Waals surface area contributed by atoms with Crippen molar-refractivity contribution in [3.05, 3.63) is 36.5 Å². The number of epoxide rings is 1. The molecule has 0 bridgehead atoms. The van der Waals surface area contributed by atoms with E-state index in [4.69, 9.17) is 10.5 Å². The molecule has 1 fully saturated rings. The first-order chi connectivity index (χ1) is 7.27. The van der Waals surface area contributed by atoms with E-state index in [9.17, 15) is 5.11 Å². The van der Waals surface area contributed by atoms with E-state index in [1.807, 2.05) is 31.2 Å². The molecule has 1 heterocycles. The second-order valence-corrected chi connectivity index (χ2v) is 3.47. The molecule has 0 amide bonds. The summed E-state index contributed by atoms with van der Waals surface area (Å²) >= 11 is 0. The summed E-state index contributed by atoms with van der Waals surface area (Å²) < 4.78 is 5.30. The van der Waals surface area contributed by atoms with Gasteiger partial charge in [0.2, 0.25) is 0 Å². The Labute approximate surface area is 90.9 Å². The SMILES string of the molecule is C/C=C/C1OC1/C=C/[C@@H](O)/C=C\CCN. The molecule has 0 aliphatic carbocycles. The molecule has 0 saturated carbocycles. The minimum atomic E-state index is -0.535. The molecular formula is C12H19NO2. The summed E-state index contributed by atoms with van der Waals surface area (Å²) in [7, 11) is 0. The molecule has 1 saturated heterocycles. The molecule has 0 aromatic heterocycles. The molecule has 15 heavy (non-hydrogen) atoms. The Morgan fingerprint density at radius 1 is 1.33 bits per heavy atom. The number of aliphatic hydroxyl groups excluding tert-OH is 1. The zero-order valence-electron chi connectivity index (χ0n) is 9.04.